The summed E-state index contributed by atoms with van der Waals surface area (Å²) in [6, 6.07) is 8.89. The van der Waals surface area contributed by atoms with Crippen LogP contribution in [0.4, 0.5) is 10.1 Å². The van der Waals surface area contributed by atoms with E-state index in [1.807, 2.05) is 4.72 Å². The largest absolute Gasteiger partial charge is 0.279 e. The van der Waals surface area contributed by atoms with Crippen molar-refractivity contribution in [2.24, 2.45) is 5.14 Å². The molecule has 0 saturated carbocycles. The van der Waals surface area contributed by atoms with E-state index >= 15 is 0 Å². The molecule has 6 nitrogen and oxygen atoms in total. The number of benzene rings is 2. The number of rotatable bonds is 5. The van der Waals surface area contributed by atoms with Gasteiger partial charge < -0.3 is 0 Å². The first kappa shape index (κ1) is 18.4. The summed E-state index contributed by atoms with van der Waals surface area (Å²) in [6.07, 6.45) is 1.29. The summed E-state index contributed by atoms with van der Waals surface area (Å²) in [7, 11) is -8.35. The lowest BCUT2D eigenvalue weighted by molar-refractivity contribution is 0.593. The van der Waals surface area contributed by atoms with Crippen LogP contribution >= 0.6 is 11.6 Å². The lowest BCUT2D eigenvalue weighted by Crippen LogP contribution is -2.17. The van der Waals surface area contributed by atoms with Gasteiger partial charge in [-0.05, 0) is 42.0 Å². The Hall–Kier alpha value is -1.94. The highest BCUT2D eigenvalue weighted by atomic mass is 35.5. The molecular formula is C14H12ClFN2O4S2. The Balaban J connectivity index is 2.31. The van der Waals surface area contributed by atoms with Crippen LogP contribution in [0.3, 0.4) is 0 Å². The van der Waals surface area contributed by atoms with Gasteiger partial charge in [0.15, 0.2) is 0 Å². The predicted octanol–water partition coefficient (Wildman–Crippen LogP) is 2.54. The number of primary sulfonamides is 1. The summed E-state index contributed by atoms with van der Waals surface area (Å²) in [5, 5.41) is 6.30. The molecule has 0 radical (unpaired) electrons. The van der Waals surface area contributed by atoms with E-state index in [1.54, 1.807) is 24.3 Å². The molecule has 10 heteroatoms. The van der Waals surface area contributed by atoms with E-state index in [0.29, 0.717) is 16.7 Å². The maximum absolute atomic E-state index is 13.2. The minimum atomic E-state index is -4.31. The van der Waals surface area contributed by atoms with Gasteiger partial charge in [0.05, 0.1) is 11.1 Å². The molecule has 3 N–H and O–H groups in total. The summed E-state index contributed by atoms with van der Waals surface area (Å²) in [5.41, 5.74) is 0.218. The van der Waals surface area contributed by atoms with Crippen molar-refractivity contribution in [3.8, 4) is 0 Å². The van der Waals surface area contributed by atoms with Crippen LogP contribution in [0.2, 0.25) is 5.02 Å². The lowest BCUT2D eigenvalue weighted by Gasteiger charge is -2.09. The van der Waals surface area contributed by atoms with Crippen molar-refractivity contribution in [3.05, 3.63) is 64.3 Å². The molecular weight excluding hydrogens is 379 g/mol. The fourth-order valence-corrected chi connectivity index (χ4v) is 3.53. The molecule has 2 aromatic carbocycles. The molecule has 0 bridgehead atoms. The SMILES string of the molecule is NS(=O)(=O)c1cc(F)ccc1NS(=O)(=O)C=Cc1ccc(Cl)cc1. The molecule has 2 rings (SSSR count). The summed E-state index contributed by atoms with van der Waals surface area (Å²) < 4.78 is 62.2. The molecule has 0 amide bonds. The van der Waals surface area contributed by atoms with Crippen LogP contribution in [-0.4, -0.2) is 16.8 Å². The second-order valence-electron chi connectivity index (χ2n) is 4.69. The van der Waals surface area contributed by atoms with Gasteiger partial charge in [-0.15, -0.1) is 0 Å². The first-order valence-electron chi connectivity index (χ1n) is 6.36. The van der Waals surface area contributed by atoms with Gasteiger partial charge in [-0.25, -0.2) is 26.4 Å². The van der Waals surface area contributed by atoms with E-state index in [0.717, 1.165) is 17.5 Å². The number of nitrogens with one attached hydrogen (secondary N) is 1. The van der Waals surface area contributed by atoms with Crippen LogP contribution in [0.15, 0.2) is 52.8 Å². The van der Waals surface area contributed by atoms with Gasteiger partial charge in [-0.2, -0.15) is 0 Å². The molecule has 0 saturated heterocycles. The summed E-state index contributed by atoms with van der Waals surface area (Å²) in [6.45, 7) is 0. The third-order valence-corrected chi connectivity index (χ3v) is 5.01. The quantitative estimate of drug-likeness (QED) is 0.818. The molecule has 0 atom stereocenters. The Morgan fingerprint density at radius 1 is 1.04 bits per heavy atom. The fourth-order valence-electron chi connectivity index (χ4n) is 1.75. The number of anilines is 1. The van der Waals surface area contributed by atoms with Crippen molar-refractivity contribution >= 4 is 43.4 Å². The molecule has 0 aliphatic heterocycles. The van der Waals surface area contributed by atoms with Crippen LogP contribution in [-0.2, 0) is 20.0 Å². The van der Waals surface area contributed by atoms with Crippen LogP contribution in [0.5, 0.6) is 0 Å². The van der Waals surface area contributed by atoms with E-state index in [2.05, 4.69) is 0 Å². The first-order chi connectivity index (χ1) is 11.1. The van der Waals surface area contributed by atoms with Gasteiger partial charge in [-0.3, -0.25) is 4.72 Å². The zero-order valence-corrected chi connectivity index (χ0v) is 14.4. The maximum atomic E-state index is 13.2. The molecule has 0 spiro atoms. The first-order valence-corrected chi connectivity index (χ1v) is 9.83. The van der Waals surface area contributed by atoms with Crippen LogP contribution in [0.1, 0.15) is 5.56 Å². The van der Waals surface area contributed by atoms with Gasteiger partial charge in [0.2, 0.25) is 10.0 Å². The van der Waals surface area contributed by atoms with Crippen molar-refractivity contribution in [2.75, 3.05) is 4.72 Å². The smallest absolute Gasteiger partial charge is 0.255 e. The molecule has 0 heterocycles. The van der Waals surface area contributed by atoms with Gasteiger partial charge in [-0.1, -0.05) is 23.7 Å². The van der Waals surface area contributed by atoms with E-state index in [9.17, 15) is 21.2 Å². The molecule has 0 aliphatic rings. The van der Waals surface area contributed by atoms with Crippen LogP contribution in [0, 0.1) is 5.82 Å². The highest BCUT2D eigenvalue weighted by Gasteiger charge is 2.18. The van der Waals surface area contributed by atoms with Gasteiger partial charge in [0, 0.05) is 5.02 Å². The molecule has 0 fully saturated rings. The summed E-state index contributed by atoms with van der Waals surface area (Å²) >= 11 is 5.73. The van der Waals surface area contributed by atoms with Crippen molar-refractivity contribution in [2.45, 2.75) is 4.90 Å². The maximum Gasteiger partial charge on any atom is 0.255 e. The summed E-state index contributed by atoms with van der Waals surface area (Å²) in [5.74, 6) is -0.862. The fraction of sp³-hybridized carbons (Fsp3) is 0. The monoisotopic (exact) mass is 390 g/mol. The topological polar surface area (TPSA) is 106 Å². The number of halogens is 2. The third-order valence-electron chi connectivity index (χ3n) is 2.81. The van der Waals surface area contributed by atoms with Crippen molar-refractivity contribution in [1.29, 1.82) is 0 Å². The van der Waals surface area contributed by atoms with E-state index in [4.69, 9.17) is 16.7 Å². The molecule has 24 heavy (non-hydrogen) atoms. The number of nitrogens with two attached hydrogens (primary N) is 1. The number of hydrogen-bond acceptors (Lipinski definition) is 4. The van der Waals surface area contributed by atoms with Crippen LogP contribution < -0.4 is 9.86 Å². The average Bonchev–Trinajstić information content (AvgIpc) is 2.47. The van der Waals surface area contributed by atoms with Gasteiger partial charge in [0.25, 0.3) is 10.0 Å². The second kappa shape index (κ2) is 6.89. The zero-order chi connectivity index (χ0) is 18.0. The van der Waals surface area contributed by atoms with Crippen LogP contribution in [0.25, 0.3) is 6.08 Å². The Morgan fingerprint density at radius 3 is 2.25 bits per heavy atom. The Kier molecular flexibility index (Phi) is 5.29. The molecule has 128 valence electrons. The summed E-state index contributed by atoms with van der Waals surface area (Å²) in [4.78, 5) is -0.661. The van der Waals surface area contributed by atoms with Crippen molar-refractivity contribution in [1.82, 2.24) is 0 Å². The van der Waals surface area contributed by atoms with Gasteiger partial charge in [0.1, 0.15) is 10.7 Å². The Morgan fingerprint density at radius 2 is 1.67 bits per heavy atom. The normalized spacial score (nSPS) is 12.5. The lowest BCUT2D eigenvalue weighted by atomic mass is 10.2. The van der Waals surface area contributed by atoms with Crippen molar-refractivity contribution in [3.63, 3.8) is 0 Å². The van der Waals surface area contributed by atoms with Gasteiger partial charge >= 0.3 is 0 Å². The minimum Gasteiger partial charge on any atom is -0.279 e. The zero-order valence-electron chi connectivity index (χ0n) is 12.0. The standard InChI is InChI=1S/C14H12ClFN2O4S2/c15-11-3-1-10(2-4-11)7-8-23(19,20)18-13-6-5-12(16)9-14(13)24(17,21)22/h1-9,18H,(H2,17,21,22). The molecule has 2 aromatic rings. The highest BCUT2D eigenvalue weighted by Crippen LogP contribution is 2.22. The Labute approximate surface area is 143 Å². The number of hydrogen-bond donors (Lipinski definition) is 2. The number of sulfonamides is 2. The Bertz CT molecular complexity index is 988. The van der Waals surface area contributed by atoms with E-state index in [1.165, 1.54) is 6.08 Å². The average molecular weight is 391 g/mol. The molecule has 0 unspecified atom stereocenters. The predicted molar refractivity (Wildman–Crippen MR) is 90.8 cm³/mol. The van der Waals surface area contributed by atoms with E-state index in [-0.39, 0.29) is 5.69 Å². The minimum absolute atomic E-state index is 0.348. The molecule has 0 aliphatic carbocycles. The second-order valence-corrected chi connectivity index (χ2v) is 8.22. The third kappa shape index (κ3) is 5.03. The molecule has 0 aromatic heterocycles. The highest BCUT2D eigenvalue weighted by molar-refractivity contribution is 7.95. The van der Waals surface area contributed by atoms with Crippen molar-refractivity contribution < 1.29 is 21.2 Å². The van der Waals surface area contributed by atoms with E-state index < -0.39 is 30.8 Å².